The summed E-state index contributed by atoms with van der Waals surface area (Å²) < 4.78 is 20.0. The van der Waals surface area contributed by atoms with Crippen molar-refractivity contribution in [2.24, 2.45) is 0 Å². The molecule has 0 spiro atoms. The molecule has 3 aromatic heterocycles. The fourth-order valence-corrected chi connectivity index (χ4v) is 3.16. The van der Waals surface area contributed by atoms with Gasteiger partial charge in [0.15, 0.2) is 5.76 Å². The van der Waals surface area contributed by atoms with Crippen molar-refractivity contribution in [2.75, 3.05) is 12.4 Å². The molecule has 0 unspecified atom stereocenters. The van der Waals surface area contributed by atoms with Crippen LogP contribution in [-0.2, 0) is 16.1 Å². The van der Waals surface area contributed by atoms with Crippen molar-refractivity contribution in [1.29, 1.82) is 0 Å². The van der Waals surface area contributed by atoms with Crippen LogP contribution in [0.1, 0.15) is 42.1 Å². The van der Waals surface area contributed by atoms with Gasteiger partial charge >= 0.3 is 11.9 Å². The van der Waals surface area contributed by atoms with E-state index in [2.05, 4.69) is 10.1 Å². The third-order valence-corrected chi connectivity index (χ3v) is 4.61. The smallest absolute Gasteiger partial charge is 0.373 e. The minimum atomic E-state index is -0.612. The van der Waals surface area contributed by atoms with Crippen LogP contribution in [0.15, 0.2) is 45.4 Å². The molecule has 0 aromatic carbocycles. The Balaban J connectivity index is 1.61. The normalized spacial score (nSPS) is 10.4. The van der Waals surface area contributed by atoms with Gasteiger partial charge in [0.25, 0.3) is 5.91 Å². The zero-order chi connectivity index (χ0) is 19.4. The van der Waals surface area contributed by atoms with Crippen molar-refractivity contribution in [1.82, 2.24) is 0 Å². The Labute approximate surface area is 157 Å². The van der Waals surface area contributed by atoms with Crippen molar-refractivity contribution in [3.05, 3.63) is 64.3 Å². The quantitative estimate of drug-likeness (QED) is 0.641. The van der Waals surface area contributed by atoms with Crippen LogP contribution in [-0.4, -0.2) is 25.0 Å². The van der Waals surface area contributed by atoms with Crippen LogP contribution in [0.4, 0.5) is 5.00 Å². The molecule has 0 radical (unpaired) electrons. The first-order valence-electron chi connectivity index (χ1n) is 7.77. The van der Waals surface area contributed by atoms with Crippen LogP contribution in [0.5, 0.6) is 0 Å². The van der Waals surface area contributed by atoms with Gasteiger partial charge in [-0.15, -0.1) is 11.3 Å². The van der Waals surface area contributed by atoms with E-state index in [1.807, 2.05) is 0 Å². The van der Waals surface area contributed by atoms with E-state index in [0.717, 1.165) is 11.3 Å². The second-order valence-corrected chi connectivity index (χ2v) is 6.44. The van der Waals surface area contributed by atoms with Gasteiger partial charge in [-0.1, -0.05) is 0 Å². The molecule has 0 saturated carbocycles. The first kappa shape index (κ1) is 18.5. The lowest BCUT2D eigenvalue weighted by atomic mass is 10.3. The second kappa shape index (κ2) is 7.92. The maximum Gasteiger partial charge on any atom is 0.373 e. The number of hydrogen-bond acceptors (Lipinski definition) is 8. The van der Waals surface area contributed by atoms with Gasteiger partial charge in [-0.25, -0.2) is 9.59 Å². The third kappa shape index (κ3) is 4.26. The largest absolute Gasteiger partial charge is 0.463 e. The zero-order valence-corrected chi connectivity index (χ0v) is 15.3. The average Bonchev–Trinajstić information content (AvgIpc) is 3.40. The molecule has 0 fully saturated rings. The summed E-state index contributed by atoms with van der Waals surface area (Å²) in [6, 6.07) is 7.78. The second-order valence-electron chi connectivity index (χ2n) is 5.39. The Morgan fingerprint density at radius 2 is 1.96 bits per heavy atom. The van der Waals surface area contributed by atoms with E-state index >= 15 is 0 Å². The van der Waals surface area contributed by atoms with Gasteiger partial charge in [0, 0.05) is 0 Å². The van der Waals surface area contributed by atoms with Crippen molar-refractivity contribution < 1.29 is 32.7 Å². The summed E-state index contributed by atoms with van der Waals surface area (Å²) in [6.45, 7) is 1.60. The average molecular weight is 389 g/mol. The predicted octanol–water partition coefficient (Wildman–Crippen LogP) is 3.64. The van der Waals surface area contributed by atoms with Crippen LogP contribution >= 0.6 is 11.3 Å². The lowest BCUT2D eigenvalue weighted by Crippen LogP contribution is -2.09. The topological polar surface area (TPSA) is 108 Å². The molecule has 140 valence electrons. The van der Waals surface area contributed by atoms with Gasteiger partial charge in [0.05, 0.1) is 18.4 Å². The summed E-state index contributed by atoms with van der Waals surface area (Å²) in [5, 5.41) is 3.16. The van der Waals surface area contributed by atoms with E-state index in [4.69, 9.17) is 13.6 Å². The molecule has 8 nitrogen and oxygen atoms in total. The van der Waals surface area contributed by atoms with Crippen LogP contribution in [0.2, 0.25) is 0 Å². The number of nitrogens with one attached hydrogen (secondary N) is 1. The van der Waals surface area contributed by atoms with Crippen LogP contribution in [0, 0.1) is 6.92 Å². The molecule has 0 aliphatic heterocycles. The molecular weight excluding hydrogens is 374 g/mol. The number of hydrogen-bond donors (Lipinski definition) is 1. The highest BCUT2D eigenvalue weighted by atomic mass is 32.1. The van der Waals surface area contributed by atoms with Crippen molar-refractivity contribution in [3.8, 4) is 0 Å². The summed E-state index contributed by atoms with van der Waals surface area (Å²) >= 11 is 1.09. The number of aryl methyl sites for hydroxylation is 1. The van der Waals surface area contributed by atoms with Crippen LogP contribution in [0.3, 0.4) is 0 Å². The number of methoxy groups -OCH3 is 1. The standard InChI is InChI=1S/C18H15NO7S/c1-10-8-14(19-16(20)12-4-3-7-24-12)27-15(10)18(22)25-9-11-5-6-13(26-11)17(21)23-2/h3-8H,9H2,1-2H3,(H,19,20). The van der Waals surface area contributed by atoms with Crippen LogP contribution < -0.4 is 5.32 Å². The first-order valence-corrected chi connectivity index (χ1v) is 8.59. The van der Waals surface area contributed by atoms with E-state index in [1.54, 1.807) is 19.1 Å². The Morgan fingerprint density at radius 1 is 1.15 bits per heavy atom. The minimum Gasteiger partial charge on any atom is -0.463 e. The molecule has 3 rings (SSSR count). The maximum absolute atomic E-state index is 12.3. The molecule has 1 amide bonds. The molecule has 1 N–H and O–H groups in total. The number of carbonyl (C=O) groups is 3. The molecule has 3 aromatic rings. The maximum atomic E-state index is 12.3. The molecule has 0 aliphatic rings. The summed E-state index contributed by atoms with van der Waals surface area (Å²) in [5.41, 5.74) is 0.662. The monoisotopic (exact) mass is 389 g/mol. The van der Waals surface area contributed by atoms with Gasteiger partial charge in [-0.3, -0.25) is 4.79 Å². The number of rotatable bonds is 6. The Kier molecular flexibility index (Phi) is 5.41. The fraction of sp³-hybridized carbons (Fsp3) is 0.167. The third-order valence-electron chi connectivity index (χ3n) is 3.48. The van der Waals surface area contributed by atoms with Gasteiger partial charge in [-0.2, -0.15) is 0 Å². The van der Waals surface area contributed by atoms with E-state index in [9.17, 15) is 14.4 Å². The highest BCUT2D eigenvalue weighted by Crippen LogP contribution is 2.28. The summed E-state index contributed by atoms with van der Waals surface area (Å²) in [7, 11) is 1.24. The molecule has 0 atom stereocenters. The fourth-order valence-electron chi connectivity index (χ4n) is 2.20. The molecule has 3 heterocycles. The molecule has 27 heavy (non-hydrogen) atoms. The summed E-state index contributed by atoms with van der Waals surface area (Å²) in [6.07, 6.45) is 1.40. The molecule has 0 aliphatic carbocycles. The number of amides is 1. The SMILES string of the molecule is COC(=O)c1ccc(COC(=O)c2sc(NC(=O)c3ccco3)cc2C)o1. The molecular formula is C18H15NO7S. The van der Waals surface area contributed by atoms with E-state index < -0.39 is 17.8 Å². The van der Waals surface area contributed by atoms with Crippen molar-refractivity contribution in [3.63, 3.8) is 0 Å². The molecule has 9 heteroatoms. The minimum absolute atomic E-state index is 0.0266. The van der Waals surface area contributed by atoms with Gasteiger partial charge in [0.1, 0.15) is 17.2 Å². The lowest BCUT2D eigenvalue weighted by molar-refractivity contribution is 0.0443. The predicted molar refractivity (Wildman–Crippen MR) is 94.9 cm³/mol. The number of ether oxygens (including phenoxy) is 2. The van der Waals surface area contributed by atoms with E-state index in [-0.39, 0.29) is 18.1 Å². The van der Waals surface area contributed by atoms with Gasteiger partial charge in [0.2, 0.25) is 5.76 Å². The van der Waals surface area contributed by atoms with Gasteiger partial charge in [-0.05, 0) is 42.8 Å². The zero-order valence-electron chi connectivity index (χ0n) is 14.4. The molecule has 0 saturated heterocycles. The van der Waals surface area contributed by atoms with E-state index in [0.29, 0.717) is 21.2 Å². The Hall–Kier alpha value is -3.33. The Morgan fingerprint density at radius 3 is 2.67 bits per heavy atom. The number of anilines is 1. The lowest BCUT2D eigenvalue weighted by Gasteiger charge is -2.02. The van der Waals surface area contributed by atoms with Crippen molar-refractivity contribution in [2.45, 2.75) is 13.5 Å². The number of thiophene rings is 1. The number of esters is 2. The number of furan rings is 2. The summed E-state index contributed by atoms with van der Waals surface area (Å²) in [5.74, 6) is -1.08. The molecule has 0 bridgehead atoms. The van der Waals surface area contributed by atoms with Crippen molar-refractivity contribution >= 4 is 34.2 Å². The first-order chi connectivity index (χ1) is 13.0. The van der Waals surface area contributed by atoms with E-state index in [1.165, 1.54) is 31.6 Å². The highest BCUT2D eigenvalue weighted by molar-refractivity contribution is 7.18. The van der Waals surface area contributed by atoms with Crippen LogP contribution in [0.25, 0.3) is 0 Å². The highest BCUT2D eigenvalue weighted by Gasteiger charge is 2.19. The number of carbonyl (C=O) groups excluding carboxylic acids is 3. The Bertz CT molecular complexity index is 968. The summed E-state index contributed by atoms with van der Waals surface area (Å²) in [4.78, 5) is 36.0. The van der Waals surface area contributed by atoms with Gasteiger partial charge < -0.3 is 23.6 Å².